The van der Waals surface area contributed by atoms with Crippen LogP contribution in [0.2, 0.25) is 0 Å². The van der Waals surface area contributed by atoms with Gasteiger partial charge in [-0.25, -0.2) is 0 Å². The Morgan fingerprint density at radius 3 is 2.83 bits per heavy atom. The lowest BCUT2D eigenvalue weighted by Gasteiger charge is -2.53. The molecule has 1 heterocycles. The Balaban J connectivity index is 1.65. The van der Waals surface area contributed by atoms with Gasteiger partial charge in [-0.15, -0.1) is 0 Å². The molecule has 0 radical (unpaired) electrons. The Labute approximate surface area is 174 Å². The second kappa shape index (κ2) is 7.19. The first kappa shape index (κ1) is 20.5. The van der Waals surface area contributed by atoms with E-state index in [1.165, 1.54) is 0 Å². The number of aromatic hydroxyl groups is 1. The maximum absolute atomic E-state index is 12.7. The molecule has 1 aromatic rings. The van der Waals surface area contributed by atoms with Crippen LogP contribution in [0.25, 0.3) is 0 Å². The zero-order valence-corrected chi connectivity index (χ0v) is 18.3. The van der Waals surface area contributed by atoms with E-state index in [0.717, 1.165) is 24.8 Å². The highest BCUT2D eigenvalue weighted by atomic mass is 16.5. The van der Waals surface area contributed by atoms with Crippen LogP contribution in [-0.4, -0.2) is 30.8 Å². The molecule has 4 rings (SSSR count). The second-order valence-electron chi connectivity index (χ2n) is 10.4. The van der Waals surface area contributed by atoms with Crippen LogP contribution in [0.1, 0.15) is 65.0 Å². The molecule has 5 heteroatoms. The van der Waals surface area contributed by atoms with E-state index in [-0.39, 0.29) is 34.6 Å². The van der Waals surface area contributed by atoms with Crippen molar-refractivity contribution in [3.8, 4) is 11.5 Å². The molecule has 3 fully saturated rings. The number of rotatable bonds is 5. The van der Waals surface area contributed by atoms with E-state index in [2.05, 4.69) is 33.0 Å². The highest BCUT2D eigenvalue weighted by Crippen LogP contribution is 2.70. The minimum absolute atomic E-state index is 0.0242. The van der Waals surface area contributed by atoms with Crippen LogP contribution in [0.3, 0.4) is 0 Å². The Bertz CT molecular complexity index is 789. The van der Waals surface area contributed by atoms with E-state index in [4.69, 9.17) is 9.47 Å². The maximum Gasteiger partial charge on any atom is 0.220 e. The lowest BCUT2D eigenvalue weighted by atomic mass is 9.58. The molecule has 2 bridgehead atoms. The molecule has 2 saturated carbocycles. The number of phenols is 1. The van der Waals surface area contributed by atoms with E-state index in [1.807, 2.05) is 12.1 Å². The van der Waals surface area contributed by atoms with Gasteiger partial charge in [0.1, 0.15) is 0 Å². The summed E-state index contributed by atoms with van der Waals surface area (Å²) in [5.74, 6) is 2.11. The van der Waals surface area contributed by atoms with Gasteiger partial charge in [-0.2, -0.15) is 0 Å². The molecule has 2 aliphatic carbocycles. The Kier molecular flexibility index (Phi) is 5.09. The number of benzene rings is 1. The summed E-state index contributed by atoms with van der Waals surface area (Å²) in [5.41, 5.74) is 1.23. The minimum atomic E-state index is -0.0242. The van der Waals surface area contributed by atoms with Crippen molar-refractivity contribution < 1.29 is 19.4 Å². The second-order valence-corrected chi connectivity index (χ2v) is 10.4. The first-order valence-corrected chi connectivity index (χ1v) is 11.0. The number of amides is 1. The predicted octanol–water partition coefficient (Wildman–Crippen LogP) is 4.45. The summed E-state index contributed by atoms with van der Waals surface area (Å²) in [6, 6.07) is 5.72. The average Bonchev–Trinajstić information content (AvgIpc) is 3.14. The largest absolute Gasteiger partial charge is 0.504 e. The fourth-order valence-corrected chi connectivity index (χ4v) is 6.58. The molecule has 1 aliphatic heterocycles. The molecule has 160 valence electrons. The van der Waals surface area contributed by atoms with Gasteiger partial charge in [0.2, 0.25) is 5.91 Å². The summed E-state index contributed by atoms with van der Waals surface area (Å²) in [6.07, 6.45) is 3.83. The summed E-state index contributed by atoms with van der Waals surface area (Å²) in [7, 11) is 1.57. The van der Waals surface area contributed by atoms with E-state index < -0.39 is 0 Å². The van der Waals surface area contributed by atoms with Crippen molar-refractivity contribution in [2.24, 2.45) is 28.6 Å². The summed E-state index contributed by atoms with van der Waals surface area (Å²) >= 11 is 0. The van der Waals surface area contributed by atoms with Gasteiger partial charge in [0, 0.05) is 19.1 Å². The van der Waals surface area contributed by atoms with Crippen LogP contribution < -0.4 is 10.1 Å². The van der Waals surface area contributed by atoms with Crippen molar-refractivity contribution in [1.82, 2.24) is 5.32 Å². The van der Waals surface area contributed by atoms with Gasteiger partial charge >= 0.3 is 0 Å². The molecule has 1 spiro atoms. The molecule has 1 saturated heterocycles. The molecule has 2 N–H and O–H groups in total. The fraction of sp³-hybridized carbons (Fsp3) is 0.708. The van der Waals surface area contributed by atoms with Crippen molar-refractivity contribution in [2.75, 3.05) is 13.7 Å². The molecule has 1 unspecified atom stereocenters. The van der Waals surface area contributed by atoms with Crippen molar-refractivity contribution in [3.05, 3.63) is 23.8 Å². The zero-order chi connectivity index (χ0) is 21.0. The number of methoxy groups -OCH3 is 1. The van der Waals surface area contributed by atoms with Crippen LogP contribution in [0.15, 0.2) is 18.2 Å². The van der Waals surface area contributed by atoms with Crippen LogP contribution >= 0.6 is 0 Å². The summed E-state index contributed by atoms with van der Waals surface area (Å²) < 4.78 is 11.6. The number of hydrogen-bond acceptors (Lipinski definition) is 4. The standard InChI is InChI=1S/C24H35NO4/c1-14(2)10-20(27)25-22-23(3,4)16-12-17-21(29-9-8-24(17,22)13-16)15-6-7-18(26)19(11-15)28-5/h6-7,11,14,16-17,21-22,26H,8-10,12-13H2,1-5H3,(H,25,27)/t16-,17-,21-,22-,24?/m1/s1. The normalized spacial score (nSPS) is 34.8. The molecule has 5 nitrogen and oxygen atoms in total. The number of carbonyl (C=O) groups excluding carboxylic acids is 1. The molecule has 0 aromatic heterocycles. The molecular weight excluding hydrogens is 366 g/mol. The molecular formula is C24H35NO4. The topological polar surface area (TPSA) is 67.8 Å². The quantitative estimate of drug-likeness (QED) is 0.765. The first-order valence-electron chi connectivity index (χ1n) is 11.0. The van der Waals surface area contributed by atoms with E-state index in [9.17, 15) is 9.90 Å². The van der Waals surface area contributed by atoms with Gasteiger partial charge in [-0.05, 0) is 65.5 Å². The van der Waals surface area contributed by atoms with Gasteiger partial charge in [-0.1, -0.05) is 33.8 Å². The first-order chi connectivity index (χ1) is 13.7. The number of carbonyl (C=O) groups is 1. The van der Waals surface area contributed by atoms with Crippen LogP contribution in [0.4, 0.5) is 0 Å². The lowest BCUT2D eigenvalue weighted by molar-refractivity contribution is -0.137. The minimum Gasteiger partial charge on any atom is -0.504 e. The molecule has 3 aliphatic rings. The number of nitrogens with one attached hydrogen (secondary N) is 1. The number of fused-ring (bicyclic) bond motifs is 1. The summed E-state index contributed by atoms with van der Waals surface area (Å²) in [6.45, 7) is 9.54. The van der Waals surface area contributed by atoms with E-state index in [0.29, 0.717) is 36.5 Å². The third kappa shape index (κ3) is 3.22. The number of hydrogen-bond donors (Lipinski definition) is 2. The molecule has 1 amide bonds. The monoisotopic (exact) mass is 401 g/mol. The Morgan fingerprint density at radius 1 is 1.38 bits per heavy atom. The van der Waals surface area contributed by atoms with Gasteiger partial charge in [-0.3, -0.25) is 4.79 Å². The highest BCUT2D eigenvalue weighted by Gasteiger charge is 2.68. The zero-order valence-electron chi connectivity index (χ0n) is 18.3. The summed E-state index contributed by atoms with van der Waals surface area (Å²) in [5, 5.41) is 13.5. The van der Waals surface area contributed by atoms with E-state index in [1.54, 1.807) is 13.2 Å². The Hall–Kier alpha value is -1.75. The van der Waals surface area contributed by atoms with Gasteiger partial charge in [0.25, 0.3) is 0 Å². The van der Waals surface area contributed by atoms with Gasteiger partial charge in [0.05, 0.1) is 13.2 Å². The number of phenolic OH excluding ortho intramolecular Hbond substituents is 1. The smallest absolute Gasteiger partial charge is 0.220 e. The van der Waals surface area contributed by atoms with Crippen molar-refractivity contribution in [2.45, 2.75) is 65.5 Å². The summed E-state index contributed by atoms with van der Waals surface area (Å²) in [4.78, 5) is 12.7. The molecule has 5 atom stereocenters. The van der Waals surface area contributed by atoms with E-state index >= 15 is 0 Å². The SMILES string of the molecule is COc1cc([C@H]2OCCC34C[C@@H](C[C@H]23)C(C)(C)[C@H]4NC(=O)CC(C)C)ccc1O. The van der Waals surface area contributed by atoms with Crippen molar-refractivity contribution >= 4 is 5.91 Å². The number of ether oxygens (including phenoxy) is 2. The van der Waals surface area contributed by atoms with Crippen LogP contribution in [0.5, 0.6) is 11.5 Å². The van der Waals surface area contributed by atoms with Crippen molar-refractivity contribution in [1.29, 1.82) is 0 Å². The van der Waals surface area contributed by atoms with Crippen molar-refractivity contribution in [3.63, 3.8) is 0 Å². The van der Waals surface area contributed by atoms with Crippen LogP contribution in [0, 0.1) is 28.6 Å². The van der Waals surface area contributed by atoms with Gasteiger partial charge in [0.15, 0.2) is 11.5 Å². The van der Waals surface area contributed by atoms with Gasteiger partial charge < -0.3 is 19.9 Å². The lowest BCUT2D eigenvalue weighted by Crippen LogP contribution is -2.59. The molecule has 1 aromatic carbocycles. The molecule has 29 heavy (non-hydrogen) atoms. The Morgan fingerprint density at radius 2 is 2.14 bits per heavy atom. The van der Waals surface area contributed by atoms with Crippen LogP contribution in [-0.2, 0) is 9.53 Å². The maximum atomic E-state index is 12.7. The third-order valence-electron chi connectivity index (χ3n) is 7.94. The fourth-order valence-electron chi connectivity index (χ4n) is 6.58. The average molecular weight is 402 g/mol. The predicted molar refractivity (Wildman–Crippen MR) is 112 cm³/mol. The third-order valence-corrected chi connectivity index (χ3v) is 7.94. The highest BCUT2D eigenvalue weighted by molar-refractivity contribution is 5.76.